The van der Waals surface area contributed by atoms with Crippen LogP contribution >= 0.6 is 11.6 Å². The van der Waals surface area contributed by atoms with E-state index < -0.39 is 0 Å². The van der Waals surface area contributed by atoms with Crippen molar-refractivity contribution < 1.29 is 28.7 Å². The van der Waals surface area contributed by atoms with E-state index in [4.69, 9.17) is 21.1 Å². The van der Waals surface area contributed by atoms with Crippen molar-refractivity contribution in [1.82, 2.24) is 0 Å². The first-order valence-electron chi connectivity index (χ1n) is 3.46. The normalized spacial score (nSPS) is 8.38. The average molecular weight is 293 g/mol. The van der Waals surface area contributed by atoms with Crippen LogP contribution in [0.1, 0.15) is 0 Å². The zero-order valence-corrected chi connectivity index (χ0v) is 9.76. The number of ether oxygens (including phenoxy) is 2. The number of halogens is 1. The summed E-state index contributed by atoms with van der Waals surface area (Å²) in [7, 11) is 3.20. The minimum absolute atomic E-state index is 0.572. The monoisotopic (exact) mass is 292 g/mol. The second kappa shape index (κ2) is 8.37. The fraction of sp³-hybridized carbons (Fsp3) is 0.333. The molecule has 2 nitrogen and oxygen atoms in total. The van der Waals surface area contributed by atoms with Crippen molar-refractivity contribution in [2.24, 2.45) is 0 Å². The van der Waals surface area contributed by atoms with Gasteiger partial charge in [-0.25, -0.2) is 0 Å². The Kier molecular flexibility index (Phi) is 8.23. The molecule has 0 atom stereocenters. The van der Waals surface area contributed by atoms with Gasteiger partial charge in [-0.15, -0.1) is 0 Å². The van der Waals surface area contributed by atoms with Crippen LogP contribution in [0.3, 0.4) is 0 Å². The third-order valence-corrected chi connectivity index (χ3v) is 1.18. The molecule has 0 N–H and O–H groups in total. The first-order chi connectivity index (χ1) is 6.28. The van der Waals surface area contributed by atoms with Crippen LogP contribution in [0.5, 0.6) is 11.5 Å². The maximum atomic E-state index is 4.93. The van der Waals surface area contributed by atoms with Crippen LogP contribution in [0.2, 0.25) is 0 Å². The summed E-state index contributed by atoms with van der Waals surface area (Å²) in [4.78, 5) is 0. The van der Waals surface area contributed by atoms with Gasteiger partial charge in [-0.1, -0.05) is 6.07 Å². The minimum atomic E-state index is 0.572. The summed E-state index contributed by atoms with van der Waals surface area (Å²) in [5, 5.41) is 0. The molecule has 0 heterocycles. The maximum absolute atomic E-state index is 4.93. The molecule has 0 fully saturated rings. The Labute approximate surface area is 94.6 Å². The SMILES string of the molecule is COc1[c]c(OC)ccc1.Cl[CH2][Pd]. The zero-order valence-electron chi connectivity index (χ0n) is 7.45. The van der Waals surface area contributed by atoms with Gasteiger partial charge in [0.15, 0.2) is 0 Å². The van der Waals surface area contributed by atoms with Crippen LogP contribution in [0, 0.1) is 6.07 Å². The van der Waals surface area contributed by atoms with E-state index in [0.717, 1.165) is 0 Å². The molecule has 0 unspecified atom stereocenters. The van der Waals surface area contributed by atoms with Crippen molar-refractivity contribution >= 4 is 11.6 Å². The van der Waals surface area contributed by atoms with E-state index in [1.165, 1.54) is 0 Å². The van der Waals surface area contributed by atoms with Gasteiger partial charge >= 0.3 is 35.2 Å². The van der Waals surface area contributed by atoms with Gasteiger partial charge in [-0.2, -0.15) is 0 Å². The van der Waals surface area contributed by atoms with Gasteiger partial charge in [0.1, 0.15) is 11.5 Å². The quantitative estimate of drug-likeness (QED) is 0.615. The van der Waals surface area contributed by atoms with Gasteiger partial charge < -0.3 is 9.47 Å². The summed E-state index contributed by atoms with van der Waals surface area (Å²) >= 11 is 7.64. The molecule has 0 aromatic heterocycles. The van der Waals surface area contributed by atoms with E-state index in [0.29, 0.717) is 15.9 Å². The number of hydrogen-bond acceptors (Lipinski definition) is 2. The number of rotatable bonds is 2. The summed E-state index contributed by atoms with van der Waals surface area (Å²) in [6, 6.07) is 8.40. The second-order valence-electron chi connectivity index (χ2n) is 1.87. The molecule has 0 spiro atoms. The number of hydrogen-bond donors (Lipinski definition) is 0. The van der Waals surface area contributed by atoms with Crippen LogP contribution in [-0.2, 0) is 19.2 Å². The molecule has 4 heteroatoms. The molecule has 0 bridgehead atoms. The predicted octanol–water partition coefficient (Wildman–Crippen LogP) is 2.23. The fourth-order valence-electron chi connectivity index (χ4n) is 0.666. The standard InChI is InChI=1S/C8H9O2.CH2Cl.Pd/c1-9-7-4-3-5-8(6-7)10-2;1-2;/h3-5H,1-2H3;1H2;. The summed E-state index contributed by atoms with van der Waals surface area (Å²) in [5.41, 5.74) is 0. The molecule has 1 aromatic carbocycles. The number of methoxy groups -OCH3 is 2. The third kappa shape index (κ3) is 5.93. The predicted molar refractivity (Wildman–Crippen MR) is 49.1 cm³/mol. The van der Waals surface area contributed by atoms with Crippen molar-refractivity contribution in [3.05, 3.63) is 24.3 Å². The van der Waals surface area contributed by atoms with E-state index in [9.17, 15) is 0 Å². The van der Waals surface area contributed by atoms with Gasteiger partial charge in [-0.3, -0.25) is 0 Å². The summed E-state index contributed by atoms with van der Waals surface area (Å²) in [5.74, 6) is 1.39. The Morgan fingerprint density at radius 3 is 2.00 bits per heavy atom. The van der Waals surface area contributed by atoms with Gasteiger partial charge in [0.05, 0.1) is 20.3 Å². The van der Waals surface area contributed by atoms with Crippen molar-refractivity contribution in [3.63, 3.8) is 0 Å². The van der Waals surface area contributed by atoms with Gasteiger partial charge in [0.25, 0.3) is 0 Å². The van der Waals surface area contributed by atoms with Crippen molar-refractivity contribution in [1.29, 1.82) is 0 Å². The molecule has 0 aliphatic heterocycles. The number of benzene rings is 1. The Balaban J connectivity index is 0.000000424. The second-order valence-corrected chi connectivity index (χ2v) is 3.29. The van der Waals surface area contributed by atoms with Crippen molar-refractivity contribution in [3.8, 4) is 11.5 Å². The average Bonchev–Trinajstić information content (AvgIpc) is 2.19. The zero-order chi connectivity index (χ0) is 10.1. The molecule has 0 aliphatic rings. The number of alkyl halides is 1. The van der Waals surface area contributed by atoms with E-state index in [1.54, 1.807) is 14.2 Å². The topological polar surface area (TPSA) is 18.5 Å². The van der Waals surface area contributed by atoms with Crippen LogP contribution in [-0.4, -0.2) is 18.6 Å². The van der Waals surface area contributed by atoms with Gasteiger partial charge in [0.2, 0.25) is 0 Å². The molecule has 1 radical (unpaired) electrons. The Morgan fingerprint density at radius 1 is 1.31 bits per heavy atom. The van der Waals surface area contributed by atoms with Gasteiger partial charge in [0, 0.05) is 0 Å². The molecule has 76 valence electrons. The van der Waals surface area contributed by atoms with Crippen LogP contribution in [0.15, 0.2) is 18.2 Å². The molecule has 0 saturated heterocycles. The fourth-order valence-corrected chi connectivity index (χ4v) is 0.666. The van der Waals surface area contributed by atoms with Gasteiger partial charge in [-0.05, 0) is 12.1 Å². The van der Waals surface area contributed by atoms with E-state index in [-0.39, 0.29) is 0 Å². The molecular formula is C9H11ClO2Pd. The first kappa shape index (κ1) is 12.8. The van der Waals surface area contributed by atoms with Crippen LogP contribution < -0.4 is 9.47 Å². The summed E-state index contributed by atoms with van der Waals surface area (Å²) < 4.78 is 10.4. The van der Waals surface area contributed by atoms with E-state index in [2.05, 4.69) is 25.3 Å². The molecule has 13 heavy (non-hydrogen) atoms. The molecule has 0 saturated carbocycles. The molecule has 0 amide bonds. The van der Waals surface area contributed by atoms with Crippen LogP contribution in [0.25, 0.3) is 0 Å². The molecule has 1 aromatic rings. The Morgan fingerprint density at radius 2 is 1.69 bits per heavy atom. The summed E-state index contributed by atoms with van der Waals surface area (Å²) in [6.07, 6.45) is 0. The molecular weight excluding hydrogens is 282 g/mol. The Bertz CT molecular complexity index is 211. The van der Waals surface area contributed by atoms with Crippen molar-refractivity contribution in [2.45, 2.75) is 0 Å². The van der Waals surface area contributed by atoms with E-state index in [1.807, 2.05) is 18.2 Å². The van der Waals surface area contributed by atoms with Crippen LogP contribution in [0.4, 0.5) is 0 Å². The molecule has 1 rings (SSSR count). The molecule has 0 aliphatic carbocycles. The van der Waals surface area contributed by atoms with E-state index >= 15 is 0 Å². The summed E-state index contributed by atoms with van der Waals surface area (Å²) in [6.45, 7) is 0. The van der Waals surface area contributed by atoms with Crippen molar-refractivity contribution in [2.75, 3.05) is 18.6 Å². The Hall–Kier alpha value is -0.228. The first-order valence-corrected chi connectivity index (χ1v) is 5.09. The third-order valence-electron chi connectivity index (χ3n) is 1.18.